The first kappa shape index (κ1) is 13.1. The molecule has 2 unspecified atom stereocenters. The van der Waals surface area contributed by atoms with Gasteiger partial charge in [0.15, 0.2) is 5.82 Å². The monoisotopic (exact) mass is 262 g/mol. The van der Waals surface area contributed by atoms with Crippen LogP contribution in [0, 0.1) is 11.8 Å². The lowest BCUT2D eigenvalue weighted by atomic mass is 9.94. The van der Waals surface area contributed by atoms with Crippen LogP contribution in [0.15, 0.2) is 0 Å². The van der Waals surface area contributed by atoms with Crippen molar-refractivity contribution in [2.45, 2.75) is 52.5 Å². The van der Waals surface area contributed by atoms with Crippen LogP contribution in [0.1, 0.15) is 44.8 Å². The van der Waals surface area contributed by atoms with Crippen molar-refractivity contribution in [3.63, 3.8) is 0 Å². The van der Waals surface area contributed by atoms with Crippen LogP contribution in [0.2, 0.25) is 0 Å². The molecule has 0 amide bonds. The summed E-state index contributed by atoms with van der Waals surface area (Å²) in [4.78, 5) is 7.34. The number of hydrogen-bond acceptors (Lipinski definition) is 3. The van der Waals surface area contributed by atoms with Crippen LogP contribution in [0.3, 0.4) is 0 Å². The highest BCUT2D eigenvalue weighted by Crippen LogP contribution is 2.22. The Morgan fingerprint density at radius 1 is 1.26 bits per heavy atom. The van der Waals surface area contributed by atoms with Crippen molar-refractivity contribution in [2.24, 2.45) is 11.8 Å². The van der Waals surface area contributed by atoms with E-state index in [0.717, 1.165) is 37.0 Å². The number of aryl methyl sites for hydroxylation is 1. The zero-order chi connectivity index (χ0) is 13.2. The van der Waals surface area contributed by atoms with Crippen molar-refractivity contribution in [1.29, 1.82) is 0 Å². The Balaban J connectivity index is 1.64. The molecule has 0 spiro atoms. The molecular weight excluding hydrogens is 236 g/mol. The minimum Gasteiger partial charge on any atom is -0.303 e. The van der Waals surface area contributed by atoms with Crippen LogP contribution in [0.5, 0.6) is 0 Å². The lowest BCUT2D eigenvalue weighted by Crippen LogP contribution is -2.36. The highest BCUT2D eigenvalue weighted by atomic mass is 15.3. The third-order valence-electron chi connectivity index (χ3n) is 4.68. The van der Waals surface area contributed by atoms with E-state index in [2.05, 4.69) is 23.4 Å². The molecule has 1 fully saturated rings. The molecule has 19 heavy (non-hydrogen) atoms. The van der Waals surface area contributed by atoms with Crippen molar-refractivity contribution in [3.05, 3.63) is 11.6 Å². The summed E-state index contributed by atoms with van der Waals surface area (Å²) in [5.41, 5.74) is 0. The molecule has 4 nitrogen and oxygen atoms in total. The standard InChI is InChI=1S/C15H26N4/c1-3-18-7-4-5-13(11-18)10-14-16-15-9-12(2)6-8-19(15)17-14/h12-13H,3-11H2,1-2H3. The van der Waals surface area contributed by atoms with E-state index in [0.29, 0.717) is 0 Å². The number of piperidine rings is 1. The van der Waals surface area contributed by atoms with Crippen molar-refractivity contribution in [2.75, 3.05) is 19.6 Å². The van der Waals surface area contributed by atoms with Crippen LogP contribution in [-0.2, 0) is 19.4 Å². The van der Waals surface area contributed by atoms with E-state index in [1.807, 2.05) is 0 Å². The average Bonchev–Trinajstić information content (AvgIpc) is 2.80. The molecule has 0 saturated carbocycles. The van der Waals surface area contributed by atoms with Crippen molar-refractivity contribution in [1.82, 2.24) is 19.7 Å². The highest BCUT2D eigenvalue weighted by Gasteiger charge is 2.23. The van der Waals surface area contributed by atoms with Gasteiger partial charge in [0, 0.05) is 25.9 Å². The molecule has 1 saturated heterocycles. The fourth-order valence-corrected chi connectivity index (χ4v) is 3.46. The molecule has 0 bridgehead atoms. The summed E-state index contributed by atoms with van der Waals surface area (Å²) >= 11 is 0. The van der Waals surface area contributed by atoms with E-state index < -0.39 is 0 Å². The summed E-state index contributed by atoms with van der Waals surface area (Å²) in [6, 6.07) is 0. The van der Waals surface area contributed by atoms with Gasteiger partial charge >= 0.3 is 0 Å². The normalized spacial score (nSPS) is 28.3. The molecule has 1 aromatic rings. The summed E-state index contributed by atoms with van der Waals surface area (Å²) in [6.07, 6.45) is 6.12. The smallest absolute Gasteiger partial charge is 0.151 e. The predicted molar refractivity (Wildman–Crippen MR) is 76.0 cm³/mol. The Kier molecular flexibility index (Phi) is 3.87. The molecule has 0 N–H and O–H groups in total. The lowest BCUT2D eigenvalue weighted by Gasteiger charge is -2.31. The maximum Gasteiger partial charge on any atom is 0.151 e. The molecule has 1 aromatic heterocycles. The lowest BCUT2D eigenvalue weighted by molar-refractivity contribution is 0.180. The van der Waals surface area contributed by atoms with Gasteiger partial charge in [0.25, 0.3) is 0 Å². The number of nitrogens with zero attached hydrogens (tertiary/aromatic N) is 4. The summed E-state index contributed by atoms with van der Waals surface area (Å²) in [5, 5.41) is 4.72. The molecule has 2 aliphatic heterocycles. The number of aromatic nitrogens is 3. The number of hydrogen-bond donors (Lipinski definition) is 0. The van der Waals surface area contributed by atoms with Gasteiger partial charge in [-0.05, 0) is 44.2 Å². The SMILES string of the molecule is CCN1CCCC(Cc2nc3n(n2)CCC(C)C3)C1. The van der Waals surface area contributed by atoms with Gasteiger partial charge in [-0.2, -0.15) is 5.10 Å². The quantitative estimate of drug-likeness (QED) is 0.837. The van der Waals surface area contributed by atoms with E-state index in [9.17, 15) is 0 Å². The molecule has 0 aromatic carbocycles. The van der Waals surface area contributed by atoms with Gasteiger partial charge in [-0.15, -0.1) is 0 Å². The number of likely N-dealkylation sites (tertiary alicyclic amines) is 1. The Bertz CT molecular complexity index is 426. The highest BCUT2D eigenvalue weighted by molar-refractivity contribution is 4.98. The fourth-order valence-electron chi connectivity index (χ4n) is 3.46. The summed E-state index contributed by atoms with van der Waals surface area (Å²) in [5.74, 6) is 3.84. The Morgan fingerprint density at radius 3 is 3.00 bits per heavy atom. The van der Waals surface area contributed by atoms with Crippen molar-refractivity contribution < 1.29 is 0 Å². The van der Waals surface area contributed by atoms with Gasteiger partial charge in [-0.1, -0.05) is 13.8 Å². The minimum absolute atomic E-state index is 0.760. The summed E-state index contributed by atoms with van der Waals surface area (Å²) in [7, 11) is 0. The van der Waals surface area contributed by atoms with E-state index in [4.69, 9.17) is 10.1 Å². The van der Waals surface area contributed by atoms with Crippen LogP contribution < -0.4 is 0 Å². The van der Waals surface area contributed by atoms with Crippen molar-refractivity contribution >= 4 is 0 Å². The summed E-state index contributed by atoms with van der Waals surface area (Å²) < 4.78 is 2.15. The fraction of sp³-hybridized carbons (Fsp3) is 0.867. The van der Waals surface area contributed by atoms with E-state index in [-0.39, 0.29) is 0 Å². The number of fused-ring (bicyclic) bond motifs is 1. The van der Waals surface area contributed by atoms with Gasteiger partial charge < -0.3 is 4.90 Å². The zero-order valence-electron chi connectivity index (χ0n) is 12.3. The van der Waals surface area contributed by atoms with E-state index in [1.165, 1.54) is 44.7 Å². The molecular formula is C15H26N4. The first-order valence-corrected chi connectivity index (χ1v) is 7.89. The maximum absolute atomic E-state index is 4.78. The first-order valence-electron chi connectivity index (χ1n) is 7.89. The zero-order valence-corrected chi connectivity index (χ0v) is 12.3. The second-order valence-corrected chi connectivity index (χ2v) is 6.37. The second-order valence-electron chi connectivity index (χ2n) is 6.37. The van der Waals surface area contributed by atoms with Crippen LogP contribution in [0.25, 0.3) is 0 Å². The van der Waals surface area contributed by atoms with Crippen LogP contribution >= 0.6 is 0 Å². The average molecular weight is 262 g/mol. The van der Waals surface area contributed by atoms with Gasteiger partial charge in [0.05, 0.1) is 0 Å². The van der Waals surface area contributed by atoms with Gasteiger partial charge in [-0.25, -0.2) is 9.67 Å². The molecule has 2 atom stereocenters. The van der Waals surface area contributed by atoms with Crippen LogP contribution in [-0.4, -0.2) is 39.3 Å². The molecule has 106 valence electrons. The van der Waals surface area contributed by atoms with Gasteiger partial charge in [-0.3, -0.25) is 0 Å². The third kappa shape index (κ3) is 2.99. The van der Waals surface area contributed by atoms with Crippen molar-refractivity contribution in [3.8, 4) is 0 Å². The molecule has 0 radical (unpaired) electrons. The second kappa shape index (κ2) is 5.61. The summed E-state index contributed by atoms with van der Waals surface area (Å²) in [6.45, 7) is 9.33. The first-order chi connectivity index (χ1) is 9.24. The number of rotatable bonds is 3. The maximum atomic E-state index is 4.78. The largest absolute Gasteiger partial charge is 0.303 e. The molecule has 3 heterocycles. The van der Waals surface area contributed by atoms with E-state index in [1.54, 1.807) is 0 Å². The topological polar surface area (TPSA) is 34.0 Å². The Hall–Kier alpha value is -0.900. The minimum atomic E-state index is 0.760. The third-order valence-corrected chi connectivity index (χ3v) is 4.68. The molecule has 3 rings (SSSR count). The van der Waals surface area contributed by atoms with Gasteiger partial charge in [0.1, 0.15) is 5.82 Å². The molecule has 2 aliphatic rings. The Morgan fingerprint density at radius 2 is 2.16 bits per heavy atom. The predicted octanol–water partition coefficient (Wildman–Crippen LogP) is 2.13. The van der Waals surface area contributed by atoms with E-state index >= 15 is 0 Å². The molecule has 0 aliphatic carbocycles. The van der Waals surface area contributed by atoms with Gasteiger partial charge in [0.2, 0.25) is 0 Å². The van der Waals surface area contributed by atoms with Crippen LogP contribution in [0.4, 0.5) is 0 Å². The molecule has 4 heteroatoms. The Labute approximate surface area is 116 Å².